The highest BCUT2D eigenvalue weighted by molar-refractivity contribution is 5.97. The summed E-state index contributed by atoms with van der Waals surface area (Å²) >= 11 is 0. The second-order valence-electron chi connectivity index (χ2n) is 4.54. The van der Waals surface area contributed by atoms with Crippen molar-refractivity contribution in [1.29, 1.82) is 0 Å². The van der Waals surface area contributed by atoms with Crippen molar-refractivity contribution >= 4 is 5.91 Å². The van der Waals surface area contributed by atoms with Gasteiger partial charge in [-0.05, 0) is 31.5 Å². The van der Waals surface area contributed by atoms with E-state index >= 15 is 0 Å². The molecule has 1 fully saturated rings. The van der Waals surface area contributed by atoms with Crippen LogP contribution in [0.5, 0.6) is 11.5 Å². The van der Waals surface area contributed by atoms with Crippen molar-refractivity contribution < 1.29 is 14.3 Å². The van der Waals surface area contributed by atoms with E-state index in [1.165, 1.54) is 13.5 Å². The molecule has 1 aromatic rings. The van der Waals surface area contributed by atoms with E-state index in [2.05, 4.69) is 10.6 Å². The third kappa shape index (κ3) is 3.17. The average Bonchev–Trinajstić information content (AvgIpc) is 2.97. The standard InChI is InChI=1S/C14H20N2O3/c1-18-12-7-3-6-11(13(12)19-2)14(17)16-9-10-5-4-8-15-10/h3,6-7,10,15H,4-5,8-9H2,1-2H3,(H,16,17). The third-order valence-electron chi connectivity index (χ3n) is 3.32. The van der Waals surface area contributed by atoms with Crippen LogP contribution < -0.4 is 20.1 Å². The SMILES string of the molecule is COc1cccc(C(=O)NCC2CCCN2)c1OC. The Morgan fingerprint density at radius 1 is 1.42 bits per heavy atom. The number of ether oxygens (including phenoxy) is 2. The fourth-order valence-electron chi connectivity index (χ4n) is 2.31. The van der Waals surface area contributed by atoms with Crippen LogP contribution in [0.3, 0.4) is 0 Å². The van der Waals surface area contributed by atoms with Crippen LogP contribution in [-0.4, -0.2) is 39.3 Å². The highest BCUT2D eigenvalue weighted by atomic mass is 16.5. The molecular formula is C14H20N2O3. The number of benzene rings is 1. The van der Waals surface area contributed by atoms with E-state index in [0.717, 1.165) is 13.0 Å². The number of hydrogen-bond acceptors (Lipinski definition) is 4. The molecular weight excluding hydrogens is 244 g/mol. The van der Waals surface area contributed by atoms with Gasteiger partial charge in [0.05, 0.1) is 19.8 Å². The smallest absolute Gasteiger partial charge is 0.255 e. The summed E-state index contributed by atoms with van der Waals surface area (Å²) in [6, 6.07) is 5.66. The van der Waals surface area contributed by atoms with E-state index in [0.29, 0.717) is 29.6 Å². The Labute approximate surface area is 113 Å². The normalized spacial score (nSPS) is 18.1. The van der Waals surface area contributed by atoms with Crippen LogP contribution in [0.4, 0.5) is 0 Å². The molecule has 1 aliphatic rings. The minimum absolute atomic E-state index is 0.135. The Balaban J connectivity index is 2.05. The lowest BCUT2D eigenvalue weighted by atomic mass is 10.1. The zero-order valence-electron chi connectivity index (χ0n) is 11.4. The Morgan fingerprint density at radius 2 is 2.26 bits per heavy atom. The van der Waals surface area contributed by atoms with Gasteiger partial charge in [-0.1, -0.05) is 6.07 Å². The first kappa shape index (κ1) is 13.7. The van der Waals surface area contributed by atoms with Gasteiger partial charge in [-0.2, -0.15) is 0 Å². The number of carbonyl (C=O) groups is 1. The molecule has 0 radical (unpaired) electrons. The molecule has 1 heterocycles. The molecule has 1 unspecified atom stereocenters. The van der Waals surface area contributed by atoms with Crippen LogP contribution in [0.15, 0.2) is 18.2 Å². The van der Waals surface area contributed by atoms with Gasteiger partial charge >= 0.3 is 0 Å². The zero-order chi connectivity index (χ0) is 13.7. The van der Waals surface area contributed by atoms with Crippen LogP contribution in [0.2, 0.25) is 0 Å². The van der Waals surface area contributed by atoms with Crippen molar-refractivity contribution in [2.24, 2.45) is 0 Å². The predicted molar refractivity (Wildman–Crippen MR) is 72.9 cm³/mol. The molecule has 0 spiro atoms. The number of amides is 1. The number of para-hydroxylation sites is 1. The van der Waals surface area contributed by atoms with E-state index in [9.17, 15) is 4.79 Å². The summed E-state index contributed by atoms with van der Waals surface area (Å²) in [4.78, 5) is 12.2. The fraction of sp³-hybridized carbons (Fsp3) is 0.500. The Morgan fingerprint density at radius 3 is 2.89 bits per heavy atom. The molecule has 1 atom stereocenters. The van der Waals surface area contributed by atoms with E-state index in [1.807, 2.05) is 0 Å². The van der Waals surface area contributed by atoms with Crippen LogP contribution in [0.1, 0.15) is 23.2 Å². The lowest BCUT2D eigenvalue weighted by Gasteiger charge is -2.14. The molecule has 0 aliphatic carbocycles. The highest BCUT2D eigenvalue weighted by Crippen LogP contribution is 2.30. The van der Waals surface area contributed by atoms with Gasteiger partial charge in [-0.25, -0.2) is 0 Å². The molecule has 0 aromatic heterocycles. The second kappa shape index (κ2) is 6.43. The van der Waals surface area contributed by atoms with Crippen LogP contribution in [-0.2, 0) is 0 Å². The number of nitrogens with one attached hydrogen (secondary N) is 2. The fourth-order valence-corrected chi connectivity index (χ4v) is 2.31. The molecule has 0 bridgehead atoms. The summed E-state index contributed by atoms with van der Waals surface area (Å²) in [7, 11) is 3.09. The summed E-state index contributed by atoms with van der Waals surface area (Å²) in [5.41, 5.74) is 0.500. The summed E-state index contributed by atoms with van der Waals surface area (Å²) in [6.07, 6.45) is 2.28. The van der Waals surface area contributed by atoms with Gasteiger partial charge in [0.25, 0.3) is 5.91 Å². The molecule has 5 nitrogen and oxygen atoms in total. The Hall–Kier alpha value is -1.75. The van der Waals surface area contributed by atoms with Crippen molar-refractivity contribution in [2.45, 2.75) is 18.9 Å². The molecule has 0 saturated carbocycles. The number of hydrogen-bond donors (Lipinski definition) is 2. The van der Waals surface area contributed by atoms with Gasteiger partial charge < -0.3 is 20.1 Å². The molecule has 5 heteroatoms. The minimum Gasteiger partial charge on any atom is -0.493 e. The second-order valence-corrected chi connectivity index (χ2v) is 4.54. The van der Waals surface area contributed by atoms with Crippen molar-refractivity contribution in [3.8, 4) is 11.5 Å². The van der Waals surface area contributed by atoms with Gasteiger partial charge in [0.2, 0.25) is 0 Å². The first-order chi connectivity index (χ1) is 9.26. The minimum atomic E-state index is -0.135. The molecule has 1 amide bonds. The maximum atomic E-state index is 12.2. The van der Waals surface area contributed by atoms with Gasteiger partial charge in [-0.15, -0.1) is 0 Å². The molecule has 1 saturated heterocycles. The first-order valence-electron chi connectivity index (χ1n) is 6.49. The lowest BCUT2D eigenvalue weighted by molar-refractivity contribution is 0.0946. The number of carbonyl (C=O) groups excluding carboxylic acids is 1. The van der Waals surface area contributed by atoms with Crippen molar-refractivity contribution in [3.63, 3.8) is 0 Å². The average molecular weight is 264 g/mol. The van der Waals surface area contributed by atoms with E-state index in [1.54, 1.807) is 25.3 Å². The van der Waals surface area contributed by atoms with Crippen molar-refractivity contribution in [2.75, 3.05) is 27.3 Å². The lowest BCUT2D eigenvalue weighted by Crippen LogP contribution is -2.37. The van der Waals surface area contributed by atoms with Gasteiger partial charge in [-0.3, -0.25) is 4.79 Å². The predicted octanol–water partition coefficient (Wildman–Crippen LogP) is 1.19. The largest absolute Gasteiger partial charge is 0.493 e. The molecule has 104 valence electrons. The summed E-state index contributed by atoms with van der Waals surface area (Å²) in [5.74, 6) is 0.903. The maximum absolute atomic E-state index is 12.2. The van der Waals surface area contributed by atoms with Gasteiger partial charge in [0.15, 0.2) is 11.5 Å². The van der Waals surface area contributed by atoms with Crippen LogP contribution >= 0.6 is 0 Å². The summed E-state index contributed by atoms with van der Waals surface area (Å²) in [5, 5.41) is 6.27. The van der Waals surface area contributed by atoms with Crippen molar-refractivity contribution in [1.82, 2.24) is 10.6 Å². The van der Waals surface area contributed by atoms with Crippen LogP contribution in [0.25, 0.3) is 0 Å². The third-order valence-corrected chi connectivity index (χ3v) is 3.32. The quantitative estimate of drug-likeness (QED) is 0.838. The Kier molecular flexibility index (Phi) is 4.63. The molecule has 2 N–H and O–H groups in total. The van der Waals surface area contributed by atoms with E-state index in [-0.39, 0.29) is 5.91 Å². The summed E-state index contributed by atoms with van der Waals surface area (Å²) in [6.45, 7) is 1.67. The molecule has 1 aliphatic heterocycles. The molecule has 1 aromatic carbocycles. The topological polar surface area (TPSA) is 59.6 Å². The first-order valence-corrected chi connectivity index (χ1v) is 6.49. The van der Waals surface area contributed by atoms with Crippen molar-refractivity contribution in [3.05, 3.63) is 23.8 Å². The Bertz CT molecular complexity index is 442. The molecule has 19 heavy (non-hydrogen) atoms. The summed E-state index contributed by atoms with van der Waals surface area (Å²) < 4.78 is 10.4. The number of rotatable bonds is 5. The van der Waals surface area contributed by atoms with E-state index in [4.69, 9.17) is 9.47 Å². The molecule has 2 rings (SSSR count). The van der Waals surface area contributed by atoms with E-state index < -0.39 is 0 Å². The number of methoxy groups -OCH3 is 2. The van der Waals surface area contributed by atoms with Crippen LogP contribution in [0, 0.1) is 0 Å². The zero-order valence-corrected chi connectivity index (χ0v) is 11.4. The van der Waals surface area contributed by atoms with Gasteiger partial charge in [0.1, 0.15) is 0 Å². The monoisotopic (exact) mass is 264 g/mol. The van der Waals surface area contributed by atoms with Gasteiger partial charge in [0, 0.05) is 12.6 Å². The maximum Gasteiger partial charge on any atom is 0.255 e. The highest BCUT2D eigenvalue weighted by Gasteiger charge is 2.19.